The van der Waals surface area contributed by atoms with Crippen LogP contribution >= 0.6 is 0 Å². The molecule has 0 bridgehead atoms. The van der Waals surface area contributed by atoms with Crippen molar-refractivity contribution in [1.29, 1.82) is 0 Å². The van der Waals surface area contributed by atoms with Crippen molar-refractivity contribution in [3.8, 4) is 0 Å². The summed E-state index contributed by atoms with van der Waals surface area (Å²) in [4.78, 5) is 9.47. The van der Waals surface area contributed by atoms with Gasteiger partial charge in [0.2, 0.25) is 0 Å². The number of carbonyl (C=O) groups is 1. The number of aromatic nitrogens is 6. The molecule has 92 valence electrons. The second-order valence-electron chi connectivity index (χ2n) is 1.98. The number of primary amides is 1. The number of nitrogens with two attached hydrogens (primary N) is 1. The zero-order valence-corrected chi connectivity index (χ0v) is 9.07. The summed E-state index contributed by atoms with van der Waals surface area (Å²) in [6.07, 6.45) is 4.86. The van der Waals surface area contributed by atoms with Gasteiger partial charge in [0, 0.05) is 12.4 Å². The summed E-state index contributed by atoms with van der Waals surface area (Å²) < 4.78 is 21.0. The Labute approximate surface area is 96.1 Å². The number of hydrogen-bond donors (Lipinski definition) is 3. The molecule has 0 fully saturated rings. The van der Waals surface area contributed by atoms with E-state index < -0.39 is 16.5 Å². The maximum Gasteiger partial charge on any atom is 0.353 e. The fourth-order valence-electron chi connectivity index (χ4n) is 0.418. The minimum atomic E-state index is -2.70. The van der Waals surface area contributed by atoms with Crippen LogP contribution in [0.5, 0.6) is 0 Å². The first-order valence-electron chi connectivity index (χ1n) is 3.84. The zero-order valence-electron chi connectivity index (χ0n) is 8.26. The highest BCUT2D eigenvalue weighted by molar-refractivity contribution is 7.62. The van der Waals surface area contributed by atoms with Gasteiger partial charge in [-0.3, -0.25) is 5.10 Å². The first kappa shape index (κ1) is 14.4. The Morgan fingerprint density at radius 3 is 2.24 bits per heavy atom. The summed E-state index contributed by atoms with van der Waals surface area (Å²) in [6.45, 7) is 0. The minimum Gasteiger partial charge on any atom is -0.349 e. The summed E-state index contributed by atoms with van der Waals surface area (Å²) >= 11 is 0. The van der Waals surface area contributed by atoms with Gasteiger partial charge in [0.1, 0.15) is 6.33 Å². The highest BCUT2D eigenvalue weighted by Crippen LogP contribution is 1.64. The molecule has 0 aliphatic rings. The molecule has 17 heavy (non-hydrogen) atoms. The summed E-state index contributed by atoms with van der Waals surface area (Å²) in [6, 6.07) is 0.633. The van der Waals surface area contributed by atoms with Crippen molar-refractivity contribution in [2.45, 2.75) is 0 Å². The largest absolute Gasteiger partial charge is 0.353 e. The lowest BCUT2D eigenvalue weighted by atomic mass is 10.8. The van der Waals surface area contributed by atoms with E-state index in [1.165, 1.54) is 6.33 Å². The summed E-state index contributed by atoms with van der Waals surface area (Å²) in [7, 11) is -2.70. The minimum absolute atomic E-state index is 1.20. The van der Waals surface area contributed by atoms with Crippen molar-refractivity contribution in [2.24, 2.45) is 10.1 Å². The van der Waals surface area contributed by atoms with Gasteiger partial charge in [0.15, 0.2) is 0 Å². The van der Waals surface area contributed by atoms with E-state index in [0.717, 1.165) is 0 Å². The van der Waals surface area contributed by atoms with Gasteiger partial charge in [0.25, 0.3) is 0 Å². The van der Waals surface area contributed by atoms with Crippen LogP contribution in [0.25, 0.3) is 0 Å². The Morgan fingerprint density at radius 2 is 2.12 bits per heavy atom. The number of urea groups is 1. The molecular formula is C5H8N8O3S. The van der Waals surface area contributed by atoms with Crippen LogP contribution in [-0.2, 0) is 10.5 Å². The molecule has 11 nitrogen and oxygen atoms in total. The summed E-state index contributed by atoms with van der Waals surface area (Å²) in [5.41, 5.74) is 4.29. The molecule has 2 amide bonds. The number of H-pyrrole nitrogens is 2. The lowest BCUT2D eigenvalue weighted by molar-refractivity contribution is 0.257. The SMILES string of the molecule is NC(=O)N=S(=O)=O.c1cn[nH]c1.c1nnn[nH]1. The van der Waals surface area contributed by atoms with Crippen LogP contribution in [0.3, 0.4) is 0 Å². The highest BCUT2D eigenvalue weighted by Gasteiger charge is 1.80. The maximum atomic E-state index is 9.47. The van der Waals surface area contributed by atoms with E-state index in [2.05, 4.69) is 40.9 Å². The number of rotatable bonds is 0. The van der Waals surface area contributed by atoms with Gasteiger partial charge in [0.05, 0.1) is 0 Å². The summed E-state index contributed by atoms with van der Waals surface area (Å²) in [5.74, 6) is 0. The first-order chi connectivity index (χ1) is 8.13. The molecule has 2 aromatic heterocycles. The Morgan fingerprint density at radius 1 is 1.35 bits per heavy atom. The van der Waals surface area contributed by atoms with Crippen molar-refractivity contribution in [3.63, 3.8) is 0 Å². The molecule has 2 aromatic rings. The molecule has 0 aromatic carbocycles. The molecule has 0 atom stereocenters. The van der Waals surface area contributed by atoms with Gasteiger partial charge >= 0.3 is 16.5 Å². The van der Waals surface area contributed by atoms with Gasteiger partial charge < -0.3 is 5.73 Å². The van der Waals surface area contributed by atoms with Crippen molar-refractivity contribution in [2.75, 3.05) is 0 Å². The van der Waals surface area contributed by atoms with Gasteiger partial charge in [-0.05, 0) is 16.5 Å². The normalized spacial score (nSPS) is 7.76. The highest BCUT2D eigenvalue weighted by atomic mass is 32.2. The smallest absolute Gasteiger partial charge is 0.349 e. The monoisotopic (exact) mass is 260 g/mol. The third-order valence-electron chi connectivity index (χ3n) is 0.840. The number of nitrogens with zero attached hydrogens (tertiary/aromatic N) is 5. The van der Waals surface area contributed by atoms with Crippen molar-refractivity contribution in [1.82, 2.24) is 30.8 Å². The number of nitrogens with one attached hydrogen (secondary N) is 2. The molecule has 0 unspecified atom stereocenters. The Kier molecular flexibility index (Phi) is 8.37. The fourth-order valence-corrected chi connectivity index (χ4v) is 0.565. The standard InChI is InChI=1S/C3H4N2.CH2N4.CH2N2O3S/c2*1-2-4-5-3-1;2-1(4)3-7(5)6/h1-3H,(H,4,5);1H,(H,2,3,4,5);(H2,2,4). The van der Waals surface area contributed by atoms with E-state index in [4.69, 9.17) is 0 Å². The number of aromatic amines is 2. The van der Waals surface area contributed by atoms with Gasteiger partial charge in [-0.15, -0.1) is 5.10 Å². The molecule has 0 aliphatic heterocycles. The van der Waals surface area contributed by atoms with Crippen molar-refractivity contribution in [3.05, 3.63) is 24.8 Å². The number of hydrogen-bond acceptors (Lipinski definition) is 7. The lowest BCUT2D eigenvalue weighted by Crippen LogP contribution is -2.02. The quantitative estimate of drug-likeness (QED) is 0.529. The van der Waals surface area contributed by atoms with Crippen LogP contribution in [0.1, 0.15) is 0 Å². The zero-order chi connectivity index (χ0) is 12.9. The molecule has 2 rings (SSSR count). The average molecular weight is 260 g/mol. The van der Waals surface area contributed by atoms with Crippen LogP contribution in [0, 0.1) is 0 Å². The molecule has 0 saturated carbocycles. The van der Waals surface area contributed by atoms with Crippen LogP contribution in [0.15, 0.2) is 29.2 Å². The van der Waals surface area contributed by atoms with E-state index in [0.29, 0.717) is 0 Å². The number of amides is 2. The van der Waals surface area contributed by atoms with Crippen LogP contribution in [-0.4, -0.2) is 45.3 Å². The van der Waals surface area contributed by atoms with E-state index in [-0.39, 0.29) is 0 Å². The fraction of sp³-hybridized carbons (Fsp3) is 0. The third kappa shape index (κ3) is 13.4. The summed E-state index contributed by atoms with van der Waals surface area (Å²) in [5, 5.41) is 18.3. The van der Waals surface area contributed by atoms with E-state index in [1.807, 2.05) is 6.07 Å². The predicted molar refractivity (Wildman–Crippen MR) is 53.7 cm³/mol. The number of tetrazole rings is 1. The third-order valence-corrected chi connectivity index (χ3v) is 1.17. The second-order valence-corrected chi connectivity index (χ2v) is 2.59. The van der Waals surface area contributed by atoms with Crippen LogP contribution in [0.4, 0.5) is 4.79 Å². The Bertz CT molecular complexity index is 435. The molecule has 0 spiro atoms. The van der Waals surface area contributed by atoms with Crippen LogP contribution < -0.4 is 5.73 Å². The topological polar surface area (TPSA) is 173 Å². The van der Waals surface area contributed by atoms with E-state index in [9.17, 15) is 13.2 Å². The molecule has 12 heteroatoms. The second kappa shape index (κ2) is 9.91. The Balaban J connectivity index is 0.000000229. The molecule has 4 N–H and O–H groups in total. The van der Waals surface area contributed by atoms with Gasteiger partial charge in [-0.25, -0.2) is 9.89 Å². The van der Waals surface area contributed by atoms with Crippen molar-refractivity contribution < 1.29 is 13.2 Å². The molecule has 2 heterocycles. The molecule has 0 aliphatic carbocycles. The van der Waals surface area contributed by atoms with Crippen molar-refractivity contribution >= 4 is 16.5 Å². The van der Waals surface area contributed by atoms with Crippen LogP contribution in [0.2, 0.25) is 0 Å². The Hall–Kier alpha value is -2.63. The average Bonchev–Trinajstić information content (AvgIpc) is 2.96. The number of carbonyl (C=O) groups excluding carboxylic acids is 1. The predicted octanol–water partition coefficient (Wildman–Crippen LogP) is -1.26. The van der Waals surface area contributed by atoms with Gasteiger partial charge in [-0.2, -0.15) is 13.5 Å². The molecular weight excluding hydrogens is 252 g/mol. The molecule has 0 saturated heterocycles. The van der Waals surface area contributed by atoms with Gasteiger partial charge in [-0.1, -0.05) is 4.36 Å². The molecule has 0 radical (unpaired) electrons. The van der Waals surface area contributed by atoms with E-state index >= 15 is 0 Å². The lowest BCUT2D eigenvalue weighted by Gasteiger charge is -1.64. The first-order valence-corrected chi connectivity index (χ1v) is 4.87. The maximum absolute atomic E-state index is 9.47. The van der Waals surface area contributed by atoms with E-state index in [1.54, 1.807) is 12.4 Å².